The van der Waals surface area contributed by atoms with E-state index < -0.39 is 0 Å². The van der Waals surface area contributed by atoms with Crippen LogP contribution < -0.4 is 4.74 Å². The van der Waals surface area contributed by atoms with Gasteiger partial charge in [-0.15, -0.1) is 11.3 Å². The van der Waals surface area contributed by atoms with E-state index in [0.717, 1.165) is 37.2 Å². The van der Waals surface area contributed by atoms with E-state index in [1.165, 1.54) is 11.3 Å². The van der Waals surface area contributed by atoms with Gasteiger partial charge in [0.05, 0.1) is 17.0 Å². The van der Waals surface area contributed by atoms with E-state index >= 15 is 0 Å². The molecule has 0 bridgehead atoms. The van der Waals surface area contributed by atoms with E-state index in [4.69, 9.17) is 32.7 Å². The molecule has 1 saturated heterocycles. The summed E-state index contributed by atoms with van der Waals surface area (Å²) in [4.78, 5) is 18.8. The third kappa shape index (κ3) is 5.76. The van der Waals surface area contributed by atoms with Gasteiger partial charge in [0.15, 0.2) is 0 Å². The van der Waals surface area contributed by atoms with Crippen molar-refractivity contribution in [2.75, 3.05) is 19.7 Å². The van der Waals surface area contributed by atoms with Crippen LogP contribution in [0.3, 0.4) is 0 Å². The summed E-state index contributed by atoms with van der Waals surface area (Å²) in [5.41, 5.74) is 1.73. The maximum atomic E-state index is 12.1. The lowest BCUT2D eigenvalue weighted by Gasteiger charge is -2.31. The number of ether oxygens (including phenoxy) is 2. The number of aromatic nitrogens is 1. The number of carbonyl (C=O) groups excluding carboxylic acids is 1. The van der Waals surface area contributed by atoms with Gasteiger partial charge in [0.2, 0.25) is 0 Å². The minimum absolute atomic E-state index is 0.248. The molecular weight excluding hydrogens is 395 g/mol. The van der Waals surface area contributed by atoms with Crippen LogP contribution in [0.2, 0.25) is 10.0 Å². The lowest BCUT2D eigenvalue weighted by molar-refractivity contribution is 0.0807. The van der Waals surface area contributed by atoms with Gasteiger partial charge in [0, 0.05) is 29.3 Å². The van der Waals surface area contributed by atoms with Gasteiger partial charge >= 0.3 is 6.09 Å². The zero-order chi connectivity index (χ0) is 18.4. The predicted molar refractivity (Wildman–Crippen MR) is 103 cm³/mol. The molecule has 5 nitrogen and oxygen atoms in total. The van der Waals surface area contributed by atoms with Gasteiger partial charge in [-0.2, -0.15) is 0 Å². The minimum atomic E-state index is -0.248. The summed E-state index contributed by atoms with van der Waals surface area (Å²) in [5.74, 6) is 1.22. The van der Waals surface area contributed by atoms with E-state index in [-0.39, 0.29) is 6.09 Å². The van der Waals surface area contributed by atoms with E-state index in [1.807, 2.05) is 0 Å². The van der Waals surface area contributed by atoms with Crippen LogP contribution in [-0.2, 0) is 11.3 Å². The smallest absolute Gasteiger partial charge is 0.410 e. The highest BCUT2D eigenvalue weighted by Crippen LogP contribution is 2.26. The number of amides is 1. The molecule has 1 aromatic heterocycles. The molecule has 1 aromatic carbocycles. The van der Waals surface area contributed by atoms with Crippen molar-refractivity contribution in [2.45, 2.75) is 25.9 Å². The fraction of sp³-hybridized carbons (Fsp3) is 0.444. The standard InChI is InChI=1S/C18H20Cl2N2O3S/c19-14-7-15(20)9-16(8-14)24-6-3-13-1-4-22(5-2-13)18(23)25-11-17-10-21-12-26-17/h7-10,12-13H,1-6,11H2. The highest BCUT2D eigenvalue weighted by Gasteiger charge is 2.23. The first-order valence-electron chi connectivity index (χ1n) is 8.48. The lowest BCUT2D eigenvalue weighted by atomic mass is 9.94. The Bertz CT molecular complexity index is 699. The lowest BCUT2D eigenvalue weighted by Crippen LogP contribution is -2.39. The number of piperidine rings is 1. The first-order valence-corrected chi connectivity index (χ1v) is 10.1. The Kier molecular flexibility index (Phi) is 7.00. The van der Waals surface area contributed by atoms with Crippen molar-refractivity contribution >= 4 is 40.6 Å². The molecule has 0 radical (unpaired) electrons. The van der Waals surface area contributed by atoms with E-state index in [2.05, 4.69) is 4.98 Å². The number of carbonyl (C=O) groups is 1. The fourth-order valence-electron chi connectivity index (χ4n) is 2.90. The van der Waals surface area contributed by atoms with Crippen LogP contribution in [0.1, 0.15) is 24.1 Å². The number of likely N-dealkylation sites (tertiary alicyclic amines) is 1. The molecule has 2 aromatic rings. The summed E-state index contributed by atoms with van der Waals surface area (Å²) in [7, 11) is 0. The number of nitrogens with zero attached hydrogens (tertiary/aromatic N) is 2. The Hall–Kier alpha value is -1.50. The first kappa shape index (κ1) is 19.3. The molecule has 1 fully saturated rings. The third-order valence-electron chi connectivity index (χ3n) is 4.32. The van der Waals surface area contributed by atoms with Crippen LogP contribution in [0.15, 0.2) is 29.9 Å². The number of benzene rings is 1. The Labute approximate surface area is 166 Å². The maximum absolute atomic E-state index is 12.1. The van der Waals surface area contributed by atoms with Crippen molar-refractivity contribution in [3.05, 3.63) is 44.8 Å². The molecule has 0 N–H and O–H groups in total. The third-order valence-corrected chi connectivity index (χ3v) is 5.51. The number of halogens is 2. The van der Waals surface area contributed by atoms with Gasteiger partial charge in [-0.25, -0.2) is 4.79 Å². The van der Waals surface area contributed by atoms with Gasteiger partial charge in [0.1, 0.15) is 12.4 Å². The summed E-state index contributed by atoms with van der Waals surface area (Å²) in [5, 5.41) is 1.13. The molecule has 0 spiro atoms. The normalized spacial score (nSPS) is 15.1. The van der Waals surface area contributed by atoms with Crippen LogP contribution >= 0.6 is 34.5 Å². The van der Waals surface area contributed by atoms with Gasteiger partial charge < -0.3 is 14.4 Å². The number of hydrogen-bond acceptors (Lipinski definition) is 5. The maximum Gasteiger partial charge on any atom is 0.410 e. The molecule has 1 amide bonds. The molecule has 26 heavy (non-hydrogen) atoms. The largest absolute Gasteiger partial charge is 0.493 e. The van der Waals surface area contributed by atoms with Crippen LogP contribution in [0.25, 0.3) is 0 Å². The van der Waals surface area contributed by atoms with Crippen LogP contribution in [0, 0.1) is 5.92 Å². The highest BCUT2D eigenvalue weighted by atomic mass is 35.5. The topological polar surface area (TPSA) is 51.7 Å². The van der Waals surface area contributed by atoms with Crippen LogP contribution in [0.4, 0.5) is 4.79 Å². The summed E-state index contributed by atoms with van der Waals surface area (Å²) < 4.78 is 11.1. The first-order chi connectivity index (χ1) is 12.6. The molecule has 0 saturated carbocycles. The molecule has 3 rings (SSSR count). The molecule has 1 aliphatic rings. The fourth-order valence-corrected chi connectivity index (χ4v) is 3.91. The zero-order valence-corrected chi connectivity index (χ0v) is 16.5. The van der Waals surface area contributed by atoms with Crippen molar-refractivity contribution in [1.29, 1.82) is 0 Å². The van der Waals surface area contributed by atoms with Gasteiger partial charge in [0.25, 0.3) is 0 Å². The average Bonchev–Trinajstić information content (AvgIpc) is 3.13. The van der Waals surface area contributed by atoms with Crippen molar-refractivity contribution in [2.24, 2.45) is 5.92 Å². The molecule has 2 heterocycles. The Balaban J connectivity index is 1.35. The van der Waals surface area contributed by atoms with Gasteiger partial charge in [-0.3, -0.25) is 4.98 Å². The predicted octanol–water partition coefficient (Wildman–Crippen LogP) is 5.27. The molecule has 1 aliphatic heterocycles. The molecule has 8 heteroatoms. The average molecular weight is 415 g/mol. The highest BCUT2D eigenvalue weighted by molar-refractivity contribution is 7.09. The molecule has 140 valence electrons. The minimum Gasteiger partial charge on any atom is -0.493 e. The van der Waals surface area contributed by atoms with Crippen molar-refractivity contribution in [1.82, 2.24) is 9.88 Å². The number of hydrogen-bond donors (Lipinski definition) is 0. The van der Waals surface area contributed by atoms with Crippen LogP contribution in [-0.4, -0.2) is 35.7 Å². The molecule has 0 unspecified atom stereocenters. The van der Waals surface area contributed by atoms with Crippen LogP contribution in [0.5, 0.6) is 5.75 Å². The van der Waals surface area contributed by atoms with E-state index in [0.29, 0.717) is 34.9 Å². The van der Waals surface area contributed by atoms with Crippen molar-refractivity contribution in [3.63, 3.8) is 0 Å². The monoisotopic (exact) mass is 414 g/mol. The van der Waals surface area contributed by atoms with E-state index in [1.54, 1.807) is 34.8 Å². The van der Waals surface area contributed by atoms with Gasteiger partial charge in [-0.05, 0) is 43.4 Å². The summed E-state index contributed by atoms with van der Waals surface area (Å²) >= 11 is 13.4. The van der Waals surface area contributed by atoms with E-state index in [9.17, 15) is 4.79 Å². The van der Waals surface area contributed by atoms with Crippen molar-refractivity contribution < 1.29 is 14.3 Å². The quantitative estimate of drug-likeness (QED) is 0.645. The second-order valence-corrected chi connectivity index (χ2v) is 8.04. The molecular formula is C18H20Cl2N2O3S. The second-order valence-electron chi connectivity index (χ2n) is 6.20. The zero-order valence-electron chi connectivity index (χ0n) is 14.2. The number of thiazole rings is 1. The van der Waals surface area contributed by atoms with Crippen molar-refractivity contribution in [3.8, 4) is 5.75 Å². The Morgan fingerprint density at radius 3 is 2.62 bits per heavy atom. The SMILES string of the molecule is O=C(OCc1cncs1)N1CCC(CCOc2cc(Cl)cc(Cl)c2)CC1. The van der Waals surface area contributed by atoms with Gasteiger partial charge in [-0.1, -0.05) is 23.2 Å². The summed E-state index contributed by atoms with van der Waals surface area (Å²) in [6, 6.07) is 5.20. The Morgan fingerprint density at radius 1 is 1.23 bits per heavy atom. The number of rotatable bonds is 6. The Morgan fingerprint density at radius 2 is 1.96 bits per heavy atom. The molecule has 0 aliphatic carbocycles. The molecule has 0 atom stereocenters. The second kappa shape index (κ2) is 9.44. The summed E-state index contributed by atoms with van der Waals surface area (Å²) in [6.45, 7) is 2.33. The summed E-state index contributed by atoms with van der Waals surface area (Å²) in [6.07, 6.45) is 4.32.